The van der Waals surface area contributed by atoms with E-state index in [1.54, 1.807) is 0 Å². The molecule has 0 radical (unpaired) electrons. The number of Topliss-reactive ketones (excluding diaryl/α,β-unsaturated/α-hetero) is 1. The van der Waals surface area contributed by atoms with E-state index >= 15 is 0 Å². The summed E-state index contributed by atoms with van der Waals surface area (Å²) in [6, 6.07) is 3.32. The number of hydrogen-bond acceptors (Lipinski definition) is 3. The summed E-state index contributed by atoms with van der Waals surface area (Å²) in [5, 5.41) is 18.0. The minimum atomic E-state index is -1.29. The lowest BCUT2D eigenvalue weighted by atomic mass is 10.1. The van der Waals surface area contributed by atoms with Gasteiger partial charge in [0.2, 0.25) is 0 Å². The van der Waals surface area contributed by atoms with Gasteiger partial charge in [-0.15, -0.1) is 0 Å². The third-order valence-electron chi connectivity index (χ3n) is 1.71. The van der Waals surface area contributed by atoms with Crippen molar-refractivity contribution in [2.24, 2.45) is 0 Å². The summed E-state index contributed by atoms with van der Waals surface area (Å²) in [5.41, 5.74) is -0.222. The summed E-state index contributed by atoms with van der Waals surface area (Å²) in [4.78, 5) is 20.5. The first-order chi connectivity index (χ1) is 6.93. The largest absolute Gasteiger partial charge is 0.507 e. The van der Waals surface area contributed by atoms with Crippen LogP contribution in [-0.4, -0.2) is 26.8 Å². The number of phenols is 1. The Morgan fingerprint density at radius 2 is 1.87 bits per heavy atom. The highest BCUT2D eigenvalue weighted by atomic mass is 35.5. The summed E-state index contributed by atoms with van der Waals surface area (Å²) < 4.78 is 0. The highest BCUT2D eigenvalue weighted by molar-refractivity contribution is 6.55. The molecule has 0 heterocycles. The van der Waals surface area contributed by atoms with Gasteiger partial charge in [-0.05, 0) is 18.2 Å². The zero-order chi connectivity index (χ0) is 11.6. The van der Waals surface area contributed by atoms with Gasteiger partial charge in [0.25, 0.3) is 0 Å². The lowest BCUT2D eigenvalue weighted by Gasteiger charge is -2.04. The van der Waals surface area contributed by atoms with Crippen molar-refractivity contribution in [3.8, 4) is 5.75 Å². The first-order valence-electron chi connectivity index (χ1n) is 3.82. The lowest BCUT2D eigenvalue weighted by Crippen LogP contribution is -2.09. The quantitative estimate of drug-likeness (QED) is 0.635. The number of alkyl halides is 2. The summed E-state index contributed by atoms with van der Waals surface area (Å²) >= 11 is 10.7. The molecule has 0 spiro atoms. The van der Waals surface area contributed by atoms with Crippen molar-refractivity contribution in [1.82, 2.24) is 0 Å². The fourth-order valence-electron chi connectivity index (χ4n) is 0.991. The van der Waals surface area contributed by atoms with Crippen molar-refractivity contribution < 1.29 is 19.8 Å². The molecule has 0 unspecified atom stereocenters. The summed E-state index contributed by atoms with van der Waals surface area (Å²) in [7, 11) is 0. The van der Waals surface area contributed by atoms with E-state index in [4.69, 9.17) is 28.3 Å². The third-order valence-corrected chi connectivity index (χ3v) is 2.10. The van der Waals surface area contributed by atoms with E-state index in [9.17, 15) is 14.7 Å². The lowest BCUT2D eigenvalue weighted by molar-refractivity contribution is 0.0696. The number of hydrogen-bond donors (Lipinski definition) is 2. The molecule has 0 saturated carbocycles. The molecule has 2 N–H and O–H groups in total. The van der Waals surface area contributed by atoms with Crippen LogP contribution in [0.2, 0.25) is 0 Å². The maximum Gasteiger partial charge on any atom is 0.335 e. The zero-order valence-corrected chi connectivity index (χ0v) is 8.79. The molecule has 0 aliphatic carbocycles. The van der Waals surface area contributed by atoms with E-state index in [0.29, 0.717) is 0 Å². The molecule has 1 rings (SSSR count). The number of carboxylic acids is 1. The number of aromatic carboxylic acids is 1. The number of carbonyl (C=O) groups excluding carboxylic acids is 1. The third kappa shape index (κ3) is 2.61. The Hall–Kier alpha value is -1.26. The highest BCUT2D eigenvalue weighted by Gasteiger charge is 2.19. The molecule has 0 saturated heterocycles. The monoisotopic (exact) mass is 248 g/mol. The van der Waals surface area contributed by atoms with Gasteiger partial charge in [-0.2, -0.15) is 0 Å². The van der Waals surface area contributed by atoms with Crippen LogP contribution >= 0.6 is 23.2 Å². The van der Waals surface area contributed by atoms with E-state index in [1.807, 2.05) is 0 Å². The van der Waals surface area contributed by atoms with Crippen LogP contribution in [0, 0.1) is 0 Å². The maximum absolute atomic E-state index is 11.3. The Bertz CT molecular complexity index is 415. The van der Waals surface area contributed by atoms with Crippen LogP contribution in [0.5, 0.6) is 5.75 Å². The SMILES string of the molecule is O=C(O)c1ccc(C(=O)C(Cl)Cl)c(O)c1. The second-order valence-corrected chi connectivity index (χ2v) is 3.80. The van der Waals surface area contributed by atoms with Crippen molar-refractivity contribution in [3.05, 3.63) is 29.3 Å². The number of aromatic hydroxyl groups is 1. The van der Waals surface area contributed by atoms with Crippen molar-refractivity contribution >= 4 is 35.0 Å². The van der Waals surface area contributed by atoms with Crippen LogP contribution in [0.4, 0.5) is 0 Å². The molecule has 0 amide bonds. The Morgan fingerprint density at radius 1 is 1.27 bits per heavy atom. The van der Waals surface area contributed by atoms with E-state index in [-0.39, 0.29) is 11.1 Å². The fraction of sp³-hybridized carbons (Fsp3) is 0.111. The maximum atomic E-state index is 11.3. The first kappa shape index (κ1) is 11.8. The normalized spacial score (nSPS) is 10.3. The summed E-state index contributed by atoms with van der Waals surface area (Å²) in [6.07, 6.45) is 0. The minimum Gasteiger partial charge on any atom is -0.507 e. The van der Waals surface area contributed by atoms with Gasteiger partial charge in [-0.3, -0.25) is 4.79 Å². The molecular formula is C9H6Cl2O4. The van der Waals surface area contributed by atoms with E-state index in [1.165, 1.54) is 12.1 Å². The van der Waals surface area contributed by atoms with Crippen LogP contribution < -0.4 is 0 Å². The van der Waals surface area contributed by atoms with Crippen LogP contribution in [0.3, 0.4) is 0 Å². The number of phenolic OH excluding ortho intramolecular Hbond substituents is 1. The van der Waals surface area contributed by atoms with Crippen LogP contribution in [0.15, 0.2) is 18.2 Å². The Balaban J connectivity index is 3.14. The van der Waals surface area contributed by atoms with Gasteiger partial charge in [0, 0.05) is 0 Å². The summed E-state index contributed by atoms with van der Waals surface area (Å²) in [5.74, 6) is -2.32. The molecule has 0 fully saturated rings. The van der Waals surface area contributed by atoms with Gasteiger partial charge < -0.3 is 10.2 Å². The van der Waals surface area contributed by atoms with Gasteiger partial charge in [-0.25, -0.2) is 4.79 Å². The second-order valence-electron chi connectivity index (χ2n) is 2.70. The first-order valence-corrected chi connectivity index (χ1v) is 4.69. The number of benzene rings is 1. The smallest absolute Gasteiger partial charge is 0.335 e. The average molecular weight is 249 g/mol. The zero-order valence-electron chi connectivity index (χ0n) is 7.28. The predicted octanol–water partition coefficient (Wildman–Crippen LogP) is 2.08. The molecule has 0 aliphatic heterocycles. The molecule has 4 nitrogen and oxygen atoms in total. The van der Waals surface area contributed by atoms with E-state index in [2.05, 4.69) is 0 Å². The van der Waals surface area contributed by atoms with Gasteiger partial charge in [0.15, 0.2) is 10.6 Å². The van der Waals surface area contributed by atoms with Gasteiger partial charge in [-0.1, -0.05) is 23.2 Å². The van der Waals surface area contributed by atoms with Crippen LogP contribution in [0.25, 0.3) is 0 Å². The Kier molecular flexibility index (Phi) is 3.55. The number of carbonyl (C=O) groups is 2. The summed E-state index contributed by atoms with van der Waals surface area (Å²) in [6.45, 7) is 0. The topological polar surface area (TPSA) is 74.6 Å². The number of ketones is 1. The van der Waals surface area contributed by atoms with Gasteiger partial charge in [0.05, 0.1) is 11.1 Å². The molecule has 0 aliphatic rings. The molecule has 6 heteroatoms. The fourth-order valence-corrected chi connectivity index (χ4v) is 1.23. The van der Waals surface area contributed by atoms with Crippen molar-refractivity contribution in [3.63, 3.8) is 0 Å². The van der Waals surface area contributed by atoms with Crippen molar-refractivity contribution in [1.29, 1.82) is 0 Å². The number of carboxylic acid groups (broad SMARTS) is 1. The Morgan fingerprint density at radius 3 is 2.27 bits per heavy atom. The molecule has 1 aromatic rings. The van der Waals surface area contributed by atoms with Crippen LogP contribution in [-0.2, 0) is 0 Å². The van der Waals surface area contributed by atoms with Gasteiger partial charge in [0.1, 0.15) is 5.75 Å². The Labute approximate surface area is 95.0 Å². The second kappa shape index (κ2) is 4.51. The molecule has 0 atom stereocenters. The molecular weight excluding hydrogens is 243 g/mol. The highest BCUT2D eigenvalue weighted by Crippen LogP contribution is 2.22. The minimum absolute atomic E-state index is 0.102. The average Bonchev–Trinajstić information content (AvgIpc) is 2.16. The van der Waals surface area contributed by atoms with Crippen molar-refractivity contribution in [2.45, 2.75) is 4.84 Å². The molecule has 1 aromatic carbocycles. The standard InChI is InChI=1S/C9H6Cl2O4/c10-8(11)7(13)5-2-1-4(9(14)15)3-6(5)12/h1-3,8,12H,(H,14,15). The number of rotatable bonds is 3. The van der Waals surface area contributed by atoms with E-state index < -0.39 is 22.3 Å². The predicted molar refractivity (Wildman–Crippen MR) is 54.9 cm³/mol. The molecule has 15 heavy (non-hydrogen) atoms. The molecule has 0 bridgehead atoms. The molecule has 80 valence electrons. The van der Waals surface area contributed by atoms with Gasteiger partial charge >= 0.3 is 5.97 Å². The van der Waals surface area contributed by atoms with E-state index in [0.717, 1.165) is 6.07 Å². The van der Waals surface area contributed by atoms with Crippen LogP contribution in [0.1, 0.15) is 20.7 Å². The number of halogens is 2. The molecule has 0 aromatic heterocycles. The van der Waals surface area contributed by atoms with Crippen molar-refractivity contribution in [2.75, 3.05) is 0 Å².